The Morgan fingerprint density at radius 1 is 1.08 bits per heavy atom. The molecule has 1 N–H and O–H groups in total. The first kappa shape index (κ1) is 19.6. The van der Waals surface area contributed by atoms with E-state index in [0.29, 0.717) is 23.7 Å². The molecule has 0 bridgehead atoms. The third-order valence-corrected chi connectivity index (χ3v) is 4.66. The molecular formula is C18H22N2O5S. The average Bonchev–Trinajstić information content (AvgIpc) is 2.66. The molecule has 2 aromatic rings. The van der Waals surface area contributed by atoms with Crippen LogP contribution >= 0.6 is 0 Å². The number of sulfonamides is 1. The first-order valence-corrected chi connectivity index (χ1v) is 9.49. The molecule has 0 atom stereocenters. The Kier molecular flexibility index (Phi) is 6.85. The lowest BCUT2D eigenvalue weighted by molar-refractivity contribution is 0.317. The van der Waals surface area contributed by atoms with Crippen LogP contribution in [0.25, 0.3) is 0 Å². The average molecular weight is 378 g/mol. The van der Waals surface area contributed by atoms with Gasteiger partial charge in [0.15, 0.2) is 0 Å². The second-order valence-electron chi connectivity index (χ2n) is 5.26. The van der Waals surface area contributed by atoms with E-state index < -0.39 is 10.0 Å². The van der Waals surface area contributed by atoms with Gasteiger partial charge in [-0.15, -0.1) is 0 Å². The van der Waals surface area contributed by atoms with Gasteiger partial charge >= 0.3 is 0 Å². The summed E-state index contributed by atoms with van der Waals surface area (Å²) in [5.74, 6) is 1.23. The minimum absolute atomic E-state index is 0.0629. The van der Waals surface area contributed by atoms with Crippen LogP contribution in [0, 0.1) is 0 Å². The summed E-state index contributed by atoms with van der Waals surface area (Å²) in [6, 6.07) is 11.8. The Hall–Kier alpha value is -2.74. The van der Waals surface area contributed by atoms with Crippen molar-refractivity contribution in [1.29, 1.82) is 0 Å². The fraction of sp³-hybridized carbons (Fsp3) is 0.278. The standard InChI is InChI=1S/C18H22N2O5S/c1-4-11-25-16-8-6-5-7-14(16)13-19-20-26(21,22)18-12-15(23-2)9-10-17(18)24-3/h5-10,12-13,20H,4,11H2,1-3H3/b19-13+. The van der Waals surface area contributed by atoms with E-state index in [-0.39, 0.29) is 10.6 Å². The van der Waals surface area contributed by atoms with Gasteiger partial charge in [-0.1, -0.05) is 19.1 Å². The molecule has 2 aromatic carbocycles. The molecule has 2 rings (SSSR count). The number of hydrogen-bond acceptors (Lipinski definition) is 6. The van der Waals surface area contributed by atoms with Crippen LogP contribution in [-0.4, -0.2) is 35.5 Å². The first-order chi connectivity index (χ1) is 12.5. The zero-order chi connectivity index (χ0) is 19.0. The Labute approximate surface area is 153 Å². The maximum atomic E-state index is 12.5. The predicted molar refractivity (Wildman–Crippen MR) is 99.7 cm³/mol. The lowest BCUT2D eigenvalue weighted by Gasteiger charge is -2.11. The van der Waals surface area contributed by atoms with E-state index in [1.165, 1.54) is 32.6 Å². The van der Waals surface area contributed by atoms with Crippen molar-refractivity contribution >= 4 is 16.2 Å². The summed E-state index contributed by atoms with van der Waals surface area (Å²) in [6.07, 6.45) is 2.27. The van der Waals surface area contributed by atoms with Gasteiger partial charge in [0.25, 0.3) is 10.0 Å². The number of hydrogen-bond donors (Lipinski definition) is 1. The van der Waals surface area contributed by atoms with Gasteiger partial charge in [-0.2, -0.15) is 18.4 Å². The molecule has 0 spiro atoms. The molecule has 8 heteroatoms. The van der Waals surface area contributed by atoms with Crippen molar-refractivity contribution in [2.45, 2.75) is 18.2 Å². The molecular weight excluding hydrogens is 356 g/mol. The Morgan fingerprint density at radius 3 is 2.54 bits per heavy atom. The molecule has 140 valence electrons. The number of rotatable bonds is 9. The van der Waals surface area contributed by atoms with E-state index in [2.05, 4.69) is 9.93 Å². The molecule has 0 amide bonds. The van der Waals surface area contributed by atoms with Gasteiger partial charge in [0.1, 0.15) is 22.1 Å². The maximum absolute atomic E-state index is 12.5. The highest BCUT2D eigenvalue weighted by atomic mass is 32.2. The zero-order valence-corrected chi connectivity index (χ0v) is 15.7. The van der Waals surface area contributed by atoms with E-state index >= 15 is 0 Å². The van der Waals surface area contributed by atoms with Gasteiger partial charge in [-0.05, 0) is 30.7 Å². The summed E-state index contributed by atoms with van der Waals surface area (Å²) in [5, 5.41) is 3.85. The van der Waals surface area contributed by atoms with Gasteiger partial charge in [-0.25, -0.2) is 0 Å². The smallest absolute Gasteiger partial charge is 0.280 e. The van der Waals surface area contributed by atoms with E-state index in [0.717, 1.165) is 6.42 Å². The highest BCUT2D eigenvalue weighted by molar-refractivity contribution is 7.89. The number of benzene rings is 2. The van der Waals surface area contributed by atoms with Crippen LogP contribution < -0.4 is 19.0 Å². The second-order valence-corrected chi connectivity index (χ2v) is 6.89. The van der Waals surface area contributed by atoms with Gasteiger partial charge in [0, 0.05) is 11.6 Å². The molecule has 0 saturated heterocycles. The highest BCUT2D eigenvalue weighted by Crippen LogP contribution is 2.28. The Bertz CT molecular complexity index is 866. The summed E-state index contributed by atoms with van der Waals surface area (Å²) in [6.45, 7) is 2.57. The summed E-state index contributed by atoms with van der Waals surface area (Å²) in [7, 11) is -1.08. The fourth-order valence-corrected chi connectivity index (χ4v) is 3.12. The molecule has 0 aliphatic carbocycles. The molecule has 0 unspecified atom stereocenters. The molecule has 0 fully saturated rings. The maximum Gasteiger partial charge on any atom is 0.280 e. The zero-order valence-electron chi connectivity index (χ0n) is 14.9. The van der Waals surface area contributed by atoms with E-state index in [1.54, 1.807) is 18.2 Å². The minimum Gasteiger partial charge on any atom is -0.497 e. The summed E-state index contributed by atoms with van der Waals surface area (Å²) >= 11 is 0. The van der Waals surface area contributed by atoms with Gasteiger partial charge in [0.05, 0.1) is 27.0 Å². The van der Waals surface area contributed by atoms with Gasteiger partial charge < -0.3 is 14.2 Å². The Balaban J connectivity index is 2.22. The van der Waals surface area contributed by atoms with Crippen molar-refractivity contribution in [3.05, 3.63) is 48.0 Å². The van der Waals surface area contributed by atoms with Crippen LogP contribution in [0.15, 0.2) is 52.5 Å². The van der Waals surface area contributed by atoms with Crippen molar-refractivity contribution in [2.24, 2.45) is 5.10 Å². The van der Waals surface area contributed by atoms with Crippen molar-refractivity contribution in [3.8, 4) is 17.2 Å². The van der Waals surface area contributed by atoms with Crippen LogP contribution in [0.2, 0.25) is 0 Å². The second kappa shape index (κ2) is 9.10. The largest absolute Gasteiger partial charge is 0.497 e. The number of hydrazone groups is 1. The fourth-order valence-electron chi connectivity index (χ4n) is 2.14. The molecule has 7 nitrogen and oxygen atoms in total. The third-order valence-electron chi connectivity index (χ3n) is 3.42. The van der Waals surface area contributed by atoms with Gasteiger partial charge in [-0.3, -0.25) is 0 Å². The van der Waals surface area contributed by atoms with Crippen LogP contribution in [0.3, 0.4) is 0 Å². The summed E-state index contributed by atoms with van der Waals surface area (Å²) in [4.78, 5) is 2.12. The van der Waals surface area contributed by atoms with Crippen molar-refractivity contribution in [3.63, 3.8) is 0 Å². The quantitative estimate of drug-likeness (QED) is 0.536. The van der Waals surface area contributed by atoms with E-state index in [1.807, 2.05) is 19.1 Å². The van der Waals surface area contributed by atoms with Crippen LogP contribution in [0.5, 0.6) is 17.2 Å². The Morgan fingerprint density at radius 2 is 1.85 bits per heavy atom. The van der Waals surface area contributed by atoms with E-state index in [4.69, 9.17) is 14.2 Å². The topological polar surface area (TPSA) is 86.2 Å². The normalized spacial score (nSPS) is 11.3. The van der Waals surface area contributed by atoms with Crippen molar-refractivity contribution in [2.75, 3.05) is 20.8 Å². The van der Waals surface area contributed by atoms with Crippen molar-refractivity contribution in [1.82, 2.24) is 4.83 Å². The molecule has 26 heavy (non-hydrogen) atoms. The number of para-hydroxylation sites is 1. The first-order valence-electron chi connectivity index (χ1n) is 8.00. The minimum atomic E-state index is -3.93. The van der Waals surface area contributed by atoms with Crippen LogP contribution in [0.1, 0.15) is 18.9 Å². The highest BCUT2D eigenvalue weighted by Gasteiger charge is 2.20. The van der Waals surface area contributed by atoms with Gasteiger partial charge in [0.2, 0.25) is 0 Å². The van der Waals surface area contributed by atoms with E-state index in [9.17, 15) is 8.42 Å². The number of nitrogens with one attached hydrogen (secondary N) is 1. The van der Waals surface area contributed by atoms with Crippen molar-refractivity contribution < 1.29 is 22.6 Å². The third kappa shape index (κ3) is 4.89. The monoisotopic (exact) mass is 378 g/mol. The van der Waals surface area contributed by atoms with Crippen LogP contribution in [-0.2, 0) is 10.0 Å². The number of nitrogens with zero attached hydrogens (tertiary/aromatic N) is 1. The molecule has 0 aliphatic heterocycles. The molecule has 0 radical (unpaired) electrons. The number of ether oxygens (including phenoxy) is 3. The predicted octanol–water partition coefficient (Wildman–Crippen LogP) is 2.81. The summed E-state index contributed by atoms with van der Waals surface area (Å²) < 4.78 is 40.9. The molecule has 0 saturated carbocycles. The summed E-state index contributed by atoms with van der Waals surface area (Å²) in [5.41, 5.74) is 0.668. The number of methoxy groups -OCH3 is 2. The molecule has 0 aliphatic rings. The molecule has 0 aromatic heterocycles. The lowest BCUT2D eigenvalue weighted by Crippen LogP contribution is -2.19. The molecule has 0 heterocycles. The van der Waals surface area contributed by atoms with Crippen LogP contribution in [0.4, 0.5) is 0 Å². The lowest BCUT2D eigenvalue weighted by atomic mass is 10.2. The SMILES string of the molecule is CCCOc1ccccc1/C=N/NS(=O)(=O)c1cc(OC)ccc1OC.